The number of carbonyl (C=O) groups is 1. The smallest absolute Gasteiger partial charge is 0.251 e. The first-order chi connectivity index (χ1) is 8.99. The van der Waals surface area contributed by atoms with Gasteiger partial charge in [0.1, 0.15) is 0 Å². The van der Waals surface area contributed by atoms with Gasteiger partial charge in [-0.05, 0) is 40.9 Å². The Bertz CT molecular complexity index is 447. The van der Waals surface area contributed by atoms with E-state index in [4.69, 9.17) is 9.47 Å². The highest BCUT2D eigenvalue weighted by Crippen LogP contribution is 2.36. The van der Waals surface area contributed by atoms with Crippen molar-refractivity contribution in [2.24, 2.45) is 5.92 Å². The van der Waals surface area contributed by atoms with Crippen LogP contribution in [0.5, 0.6) is 11.5 Å². The van der Waals surface area contributed by atoms with Crippen molar-refractivity contribution in [1.29, 1.82) is 0 Å². The van der Waals surface area contributed by atoms with Crippen LogP contribution in [0.25, 0.3) is 0 Å². The number of halogens is 1. The molecule has 0 radical (unpaired) electrons. The highest BCUT2D eigenvalue weighted by atomic mass is 79.9. The summed E-state index contributed by atoms with van der Waals surface area (Å²) in [5.74, 6) is 1.46. The van der Waals surface area contributed by atoms with E-state index in [0.29, 0.717) is 40.6 Å². The summed E-state index contributed by atoms with van der Waals surface area (Å²) in [5, 5.41) is 2.87. The predicted molar refractivity (Wildman–Crippen MR) is 79.0 cm³/mol. The Morgan fingerprint density at radius 2 is 2.11 bits per heavy atom. The van der Waals surface area contributed by atoms with Gasteiger partial charge in [-0.3, -0.25) is 4.79 Å². The molecular formula is C14H20BrNO3. The van der Waals surface area contributed by atoms with Gasteiger partial charge < -0.3 is 14.8 Å². The Hall–Kier alpha value is -1.23. The Balaban J connectivity index is 2.97. The predicted octanol–water partition coefficient (Wildman–Crippen LogP) is 3.24. The molecule has 0 fully saturated rings. The Morgan fingerprint density at radius 3 is 2.63 bits per heavy atom. The molecule has 1 aromatic rings. The molecule has 0 aliphatic rings. The summed E-state index contributed by atoms with van der Waals surface area (Å²) in [6.45, 7) is 7.18. The zero-order chi connectivity index (χ0) is 14.4. The fraction of sp³-hybridized carbons (Fsp3) is 0.500. The third-order valence-electron chi connectivity index (χ3n) is 2.45. The van der Waals surface area contributed by atoms with Crippen LogP contribution in [0.15, 0.2) is 16.6 Å². The summed E-state index contributed by atoms with van der Waals surface area (Å²) >= 11 is 3.40. The third kappa shape index (κ3) is 4.42. The second kappa shape index (κ2) is 7.38. The van der Waals surface area contributed by atoms with Crippen LogP contribution in [0.3, 0.4) is 0 Å². The van der Waals surface area contributed by atoms with E-state index in [-0.39, 0.29) is 5.91 Å². The molecule has 5 heteroatoms. The monoisotopic (exact) mass is 329 g/mol. The number of amides is 1. The number of rotatable bonds is 6. The second-order valence-electron chi connectivity index (χ2n) is 4.53. The molecule has 0 aliphatic heterocycles. The van der Waals surface area contributed by atoms with Crippen molar-refractivity contribution in [1.82, 2.24) is 5.32 Å². The molecule has 0 aliphatic carbocycles. The molecule has 0 heterocycles. The van der Waals surface area contributed by atoms with Crippen LogP contribution < -0.4 is 14.8 Å². The normalized spacial score (nSPS) is 10.4. The van der Waals surface area contributed by atoms with Crippen LogP contribution in [-0.2, 0) is 0 Å². The van der Waals surface area contributed by atoms with Crippen molar-refractivity contribution in [3.63, 3.8) is 0 Å². The molecule has 0 saturated carbocycles. The van der Waals surface area contributed by atoms with E-state index in [1.807, 2.05) is 6.92 Å². The first-order valence-electron chi connectivity index (χ1n) is 6.28. The molecule has 1 amide bonds. The molecule has 0 spiro atoms. The van der Waals surface area contributed by atoms with Crippen LogP contribution in [0.1, 0.15) is 31.1 Å². The zero-order valence-electron chi connectivity index (χ0n) is 11.7. The number of carbonyl (C=O) groups excluding carboxylic acids is 1. The first kappa shape index (κ1) is 15.8. The zero-order valence-corrected chi connectivity index (χ0v) is 13.3. The second-order valence-corrected chi connectivity index (χ2v) is 5.38. The Morgan fingerprint density at radius 1 is 1.42 bits per heavy atom. The summed E-state index contributed by atoms with van der Waals surface area (Å²) in [5.41, 5.74) is 0.549. The van der Waals surface area contributed by atoms with E-state index >= 15 is 0 Å². The Labute approximate surface area is 122 Å². The van der Waals surface area contributed by atoms with E-state index in [2.05, 4.69) is 35.1 Å². The fourth-order valence-corrected chi connectivity index (χ4v) is 2.09. The SMILES string of the molecule is CCOc1c(Br)cc(C(=O)NCC(C)C)cc1OC. The van der Waals surface area contributed by atoms with Crippen LogP contribution >= 0.6 is 15.9 Å². The molecular weight excluding hydrogens is 310 g/mol. The average Bonchev–Trinajstić information content (AvgIpc) is 2.38. The summed E-state index contributed by atoms with van der Waals surface area (Å²) < 4.78 is 11.5. The van der Waals surface area contributed by atoms with Crippen LogP contribution in [0, 0.1) is 5.92 Å². The molecule has 1 N–H and O–H groups in total. The maximum absolute atomic E-state index is 12.0. The molecule has 1 rings (SSSR count). The number of hydrogen-bond donors (Lipinski definition) is 1. The van der Waals surface area contributed by atoms with Gasteiger partial charge in [0.05, 0.1) is 18.2 Å². The molecule has 0 atom stereocenters. The maximum Gasteiger partial charge on any atom is 0.251 e. The summed E-state index contributed by atoms with van der Waals surface area (Å²) in [6, 6.07) is 3.43. The van der Waals surface area contributed by atoms with Gasteiger partial charge in [-0.2, -0.15) is 0 Å². The van der Waals surface area contributed by atoms with Gasteiger partial charge in [-0.25, -0.2) is 0 Å². The van der Waals surface area contributed by atoms with Gasteiger partial charge in [0.15, 0.2) is 11.5 Å². The van der Waals surface area contributed by atoms with E-state index in [1.54, 1.807) is 19.2 Å². The van der Waals surface area contributed by atoms with E-state index in [0.717, 1.165) is 0 Å². The average molecular weight is 330 g/mol. The standard InChI is InChI=1S/C14H20BrNO3/c1-5-19-13-11(15)6-10(7-12(13)18-4)14(17)16-8-9(2)3/h6-7,9H,5,8H2,1-4H3,(H,16,17). The minimum absolute atomic E-state index is 0.115. The minimum Gasteiger partial charge on any atom is -0.493 e. The lowest BCUT2D eigenvalue weighted by Gasteiger charge is -2.14. The number of nitrogens with one attached hydrogen (secondary N) is 1. The maximum atomic E-state index is 12.0. The van der Waals surface area contributed by atoms with Crippen LogP contribution in [0.2, 0.25) is 0 Å². The lowest BCUT2D eigenvalue weighted by molar-refractivity contribution is 0.0948. The van der Waals surface area contributed by atoms with Gasteiger partial charge in [0, 0.05) is 12.1 Å². The fourth-order valence-electron chi connectivity index (χ4n) is 1.53. The molecule has 106 valence electrons. The van der Waals surface area contributed by atoms with E-state index in [1.165, 1.54) is 0 Å². The highest BCUT2D eigenvalue weighted by Gasteiger charge is 2.15. The van der Waals surface area contributed by atoms with Gasteiger partial charge >= 0.3 is 0 Å². The topological polar surface area (TPSA) is 47.6 Å². The summed E-state index contributed by atoms with van der Waals surface area (Å²) in [7, 11) is 1.56. The number of benzene rings is 1. The molecule has 0 saturated heterocycles. The quantitative estimate of drug-likeness (QED) is 0.871. The van der Waals surface area contributed by atoms with Crippen LogP contribution in [0.4, 0.5) is 0 Å². The van der Waals surface area contributed by atoms with Crippen molar-refractivity contribution in [2.45, 2.75) is 20.8 Å². The molecule has 0 bridgehead atoms. The van der Waals surface area contributed by atoms with Crippen molar-refractivity contribution in [2.75, 3.05) is 20.3 Å². The number of methoxy groups -OCH3 is 1. The van der Waals surface area contributed by atoms with Gasteiger partial charge in [0.25, 0.3) is 5.91 Å². The van der Waals surface area contributed by atoms with Gasteiger partial charge in [-0.1, -0.05) is 13.8 Å². The van der Waals surface area contributed by atoms with E-state index < -0.39 is 0 Å². The number of ether oxygens (including phenoxy) is 2. The molecule has 19 heavy (non-hydrogen) atoms. The number of hydrogen-bond acceptors (Lipinski definition) is 3. The first-order valence-corrected chi connectivity index (χ1v) is 7.07. The van der Waals surface area contributed by atoms with Gasteiger partial charge in [-0.15, -0.1) is 0 Å². The summed E-state index contributed by atoms with van der Waals surface area (Å²) in [4.78, 5) is 12.0. The van der Waals surface area contributed by atoms with Crippen molar-refractivity contribution >= 4 is 21.8 Å². The Kier molecular flexibility index (Phi) is 6.15. The van der Waals surface area contributed by atoms with Gasteiger partial charge in [0.2, 0.25) is 0 Å². The third-order valence-corrected chi connectivity index (χ3v) is 3.04. The highest BCUT2D eigenvalue weighted by molar-refractivity contribution is 9.10. The van der Waals surface area contributed by atoms with Crippen molar-refractivity contribution in [3.8, 4) is 11.5 Å². The van der Waals surface area contributed by atoms with Crippen molar-refractivity contribution in [3.05, 3.63) is 22.2 Å². The van der Waals surface area contributed by atoms with Crippen molar-refractivity contribution < 1.29 is 14.3 Å². The molecule has 0 aromatic heterocycles. The van der Waals surface area contributed by atoms with Crippen LogP contribution in [-0.4, -0.2) is 26.2 Å². The minimum atomic E-state index is -0.115. The lowest BCUT2D eigenvalue weighted by atomic mass is 10.1. The van der Waals surface area contributed by atoms with E-state index in [9.17, 15) is 4.79 Å². The molecule has 0 unspecified atom stereocenters. The molecule has 1 aromatic carbocycles. The largest absolute Gasteiger partial charge is 0.493 e. The summed E-state index contributed by atoms with van der Waals surface area (Å²) in [6.07, 6.45) is 0. The lowest BCUT2D eigenvalue weighted by Crippen LogP contribution is -2.27. The molecule has 4 nitrogen and oxygen atoms in total.